The standard InChI is InChI=1S/C24H20FN3O4/c1-13(2)14-3-7-17(8-4-14)31-20-10-5-15(12-27-20)24(30)28-21-18-11-16(25)6-9-19(18)32-22(21)23(26)29/h3-13H,1-2H3,(H2,26,29)(H,28,30). The molecule has 0 bridgehead atoms. The summed E-state index contributed by atoms with van der Waals surface area (Å²) in [5.41, 5.74) is 6.96. The molecular weight excluding hydrogens is 413 g/mol. The molecule has 0 spiro atoms. The molecule has 0 unspecified atom stereocenters. The number of halogens is 1. The third kappa shape index (κ3) is 4.29. The molecule has 0 fully saturated rings. The number of nitrogens with one attached hydrogen (secondary N) is 1. The molecule has 8 heteroatoms. The largest absolute Gasteiger partial charge is 0.449 e. The van der Waals surface area contributed by atoms with Gasteiger partial charge in [0.15, 0.2) is 0 Å². The summed E-state index contributed by atoms with van der Waals surface area (Å²) in [5.74, 6) is -0.920. The second-order valence-electron chi connectivity index (χ2n) is 7.48. The number of carbonyl (C=O) groups excluding carboxylic acids is 2. The van der Waals surface area contributed by atoms with Gasteiger partial charge in [-0.1, -0.05) is 26.0 Å². The van der Waals surface area contributed by atoms with Crippen LogP contribution in [0.5, 0.6) is 11.6 Å². The molecule has 0 saturated heterocycles. The minimum atomic E-state index is -0.887. The van der Waals surface area contributed by atoms with E-state index in [0.29, 0.717) is 17.5 Å². The summed E-state index contributed by atoms with van der Waals surface area (Å²) in [7, 11) is 0. The number of pyridine rings is 1. The number of primary amides is 1. The quantitative estimate of drug-likeness (QED) is 0.433. The third-order valence-corrected chi connectivity index (χ3v) is 4.88. The highest BCUT2D eigenvalue weighted by molar-refractivity contribution is 6.14. The molecule has 2 heterocycles. The lowest BCUT2D eigenvalue weighted by atomic mass is 10.0. The Morgan fingerprint density at radius 1 is 1.09 bits per heavy atom. The summed E-state index contributed by atoms with van der Waals surface area (Å²) >= 11 is 0. The highest BCUT2D eigenvalue weighted by Gasteiger charge is 2.21. The van der Waals surface area contributed by atoms with Crippen LogP contribution in [0.1, 0.15) is 46.2 Å². The van der Waals surface area contributed by atoms with Crippen LogP contribution >= 0.6 is 0 Å². The van der Waals surface area contributed by atoms with Crippen LogP contribution in [0.25, 0.3) is 11.0 Å². The van der Waals surface area contributed by atoms with Gasteiger partial charge in [0.2, 0.25) is 11.6 Å². The number of anilines is 1. The van der Waals surface area contributed by atoms with E-state index < -0.39 is 17.6 Å². The summed E-state index contributed by atoms with van der Waals surface area (Å²) in [6.45, 7) is 4.22. The van der Waals surface area contributed by atoms with Crippen LogP contribution < -0.4 is 15.8 Å². The third-order valence-electron chi connectivity index (χ3n) is 4.88. The van der Waals surface area contributed by atoms with Gasteiger partial charge in [-0.15, -0.1) is 0 Å². The first-order valence-electron chi connectivity index (χ1n) is 9.89. The second kappa shape index (κ2) is 8.50. The molecule has 0 aliphatic heterocycles. The zero-order chi connectivity index (χ0) is 22.8. The van der Waals surface area contributed by atoms with Gasteiger partial charge in [0.25, 0.3) is 11.8 Å². The molecule has 0 atom stereocenters. The fraction of sp³-hybridized carbons (Fsp3) is 0.125. The van der Waals surface area contributed by atoms with Gasteiger partial charge in [0, 0.05) is 17.6 Å². The molecule has 32 heavy (non-hydrogen) atoms. The number of nitrogens with two attached hydrogens (primary N) is 1. The summed E-state index contributed by atoms with van der Waals surface area (Å²) in [5, 5.41) is 2.79. The maximum Gasteiger partial charge on any atom is 0.286 e. The molecule has 2 aromatic heterocycles. The Bertz CT molecular complexity index is 1300. The van der Waals surface area contributed by atoms with Gasteiger partial charge in [0.05, 0.1) is 5.56 Å². The molecular formula is C24H20FN3O4. The predicted octanol–water partition coefficient (Wildman–Crippen LogP) is 5.23. The number of furan rings is 1. The van der Waals surface area contributed by atoms with Crippen molar-refractivity contribution in [2.45, 2.75) is 19.8 Å². The first-order valence-corrected chi connectivity index (χ1v) is 9.89. The fourth-order valence-corrected chi connectivity index (χ4v) is 3.17. The van der Waals surface area contributed by atoms with E-state index in [9.17, 15) is 14.0 Å². The first kappa shape index (κ1) is 21.0. The number of fused-ring (bicyclic) bond motifs is 1. The molecule has 0 radical (unpaired) electrons. The maximum absolute atomic E-state index is 13.7. The van der Waals surface area contributed by atoms with Crippen LogP contribution in [0.15, 0.2) is 65.2 Å². The lowest BCUT2D eigenvalue weighted by Crippen LogP contribution is -2.17. The van der Waals surface area contributed by atoms with Gasteiger partial charge in [-0.25, -0.2) is 9.37 Å². The Morgan fingerprint density at radius 2 is 1.84 bits per heavy atom. The van der Waals surface area contributed by atoms with Gasteiger partial charge in [-0.2, -0.15) is 0 Å². The first-order chi connectivity index (χ1) is 15.3. The van der Waals surface area contributed by atoms with E-state index in [1.807, 2.05) is 24.3 Å². The molecule has 0 aliphatic rings. The van der Waals surface area contributed by atoms with Crippen molar-refractivity contribution in [3.05, 3.63) is 83.5 Å². The summed E-state index contributed by atoms with van der Waals surface area (Å²) in [6, 6.07) is 14.4. The van der Waals surface area contributed by atoms with E-state index >= 15 is 0 Å². The highest BCUT2D eigenvalue weighted by Crippen LogP contribution is 2.32. The van der Waals surface area contributed by atoms with Crippen molar-refractivity contribution < 1.29 is 23.1 Å². The van der Waals surface area contributed by atoms with Crippen LogP contribution in [0.4, 0.5) is 10.1 Å². The van der Waals surface area contributed by atoms with Crippen molar-refractivity contribution in [3.8, 4) is 11.6 Å². The minimum Gasteiger partial charge on any atom is -0.449 e. The van der Waals surface area contributed by atoms with Crippen molar-refractivity contribution >= 4 is 28.5 Å². The number of benzene rings is 2. The van der Waals surface area contributed by atoms with E-state index in [-0.39, 0.29) is 28.0 Å². The Labute approximate surface area is 183 Å². The average Bonchev–Trinajstić information content (AvgIpc) is 3.12. The van der Waals surface area contributed by atoms with Crippen molar-refractivity contribution in [1.82, 2.24) is 4.98 Å². The normalized spacial score (nSPS) is 11.0. The number of carbonyl (C=O) groups is 2. The minimum absolute atomic E-state index is 0.00238. The van der Waals surface area contributed by atoms with Crippen LogP contribution in [0.2, 0.25) is 0 Å². The smallest absolute Gasteiger partial charge is 0.286 e. The molecule has 2 amide bonds. The summed E-state index contributed by atoms with van der Waals surface area (Å²) < 4.78 is 24.8. The number of ether oxygens (including phenoxy) is 1. The topological polar surface area (TPSA) is 107 Å². The van der Waals surface area contributed by atoms with Crippen molar-refractivity contribution in [2.24, 2.45) is 5.73 Å². The zero-order valence-electron chi connectivity index (χ0n) is 17.4. The van der Waals surface area contributed by atoms with E-state index in [2.05, 4.69) is 24.1 Å². The van der Waals surface area contributed by atoms with Gasteiger partial charge < -0.3 is 20.2 Å². The number of nitrogens with zero attached hydrogens (tertiary/aromatic N) is 1. The average molecular weight is 433 g/mol. The molecule has 3 N–H and O–H groups in total. The van der Waals surface area contributed by atoms with Gasteiger partial charge in [-0.05, 0) is 47.9 Å². The molecule has 0 saturated carbocycles. The summed E-state index contributed by atoms with van der Waals surface area (Å²) in [6.07, 6.45) is 1.33. The Morgan fingerprint density at radius 3 is 2.47 bits per heavy atom. The van der Waals surface area contributed by atoms with E-state index in [4.69, 9.17) is 14.9 Å². The van der Waals surface area contributed by atoms with Crippen LogP contribution in [-0.2, 0) is 0 Å². The predicted molar refractivity (Wildman–Crippen MR) is 117 cm³/mol. The van der Waals surface area contributed by atoms with Gasteiger partial charge in [-0.3, -0.25) is 9.59 Å². The lowest BCUT2D eigenvalue weighted by molar-refractivity contribution is 0.0977. The molecule has 0 aliphatic carbocycles. The van der Waals surface area contributed by atoms with Gasteiger partial charge >= 0.3 is 0 Å². The van der Waals surface area contributed by atoms with Crippen LogP contribution in [0.3, 0.4) is 0 Å². The van der Waals surface area contributed by atoms with Crippen LogP contribution in [-0.4, -0.2) is 16.8 Å². The fourth-order valence-electron chi connectivity index (χ4n) is 3.17. The number of amides is 2. The monoisotopic (exact) mass is 433 g/mol. The summed E-state index contributed by atoms with van der Waals surface area (Å²) in [4.78, 5) is 28.6. The van der Waals surface area contributed by atoms with Crippen LogP contribution in [0, 0.1) is 5.82 Å². The number of hydrogen-bond acceptors (Lipinski definition) is 5. The Hall–Kier alpha value is -4.20. The van der Waals surface area contributed by atoms with E-state index in [1.54, 1.807) is 6.07 Å². The number of hydrogen-bond donors (Lipinski definition) is 2. The lowest BCUT2D eigenvalue weighted by Gasteiger charge is -2.09. The second-order valence-corrected chi connectivity index (χ2v) is 7.48. The molecule has 2 aromatic carbocycles. The highest BCUT2D eigenvalue weighted by atomic mass is 19.1. The van der Waals surface area contributed by atoms with Crippen molar-refractivity contribution in [3.63, 3.8) is 0 Å². The number of rotatable bonds is 6. The molecule has 4 aromatic rings. The van der Waals surface area contributed by atoms with Crippen molar-refractivity contribution in [2.75, 3.05) is 5.32 Å². The Kier molecular flexibility index (Phi) is 5.59. The molecule has 162 valence electrons. The number of aromatic nitrogens is 1. The SMILES string of the molecule is CC(C)c1ccc(Oc2ccc(C(=O)Nc3c(C(N)=O)oc4ccc(F)cc34)cn2)cc1. The maximum atomic E-state index is 13.7. The van der Waals surface area contributed by atoms with E-state index in [0.717, 1.165) is 6.07 Å². The van der Waals surface area contributed by atoms with Crippen molar-refractivity contribution in [1.29, 1.82) is 0 Å². The van der Waals surface area contributed by atoms with E-state index in [1.165, 1.54) is 30.0 Å². The molecule has 7 nitrogen and oxygen atoms in total. The zero-order valence-corrected chi connectivity index (χ0v) is 17.4. The Balaban J connectivity index is 1.53. The van der Waals surface area contributed by atoms with Gasteiger partial charge in [0.1, 0.15) is 22.8 Å². The molecule has 4 rings (SSSR count).